The molecule has 1 aromatic carbocycles. The summed E-state index contributed by atoms with van der Waals surface area (Å²) in [6.07, 6.45) is 0.984. The minimum absolute atomic E-state index is 0.0280. The Morgan fingerprint density at radius 2 is 1.76 bits per heavy atom. The lowest BCUT2D eigenvalue weighted by atomic mass is 9.97. The van der Waals surface area contributed by atoms with Crippen LogP contribution in [0.1, 0.15) is 26.7 Å². The first-order chi connectivity index (χ1) is 13.7. The lowest BCUT2D eigenvalue weighted by molar-refractivity contribution is -0.155. The number of rotatable bonds is 8. The number of ether oxygens (including phenoxy) is 2. The number of hydrogen-bond acceptors (Lipinski definition) is 7. The summed E-state index contributed by atoms with van der Waals surface area (Å²) in [6, 6.07) is 6.48. The summed E-state index contributed by atoms with van der Waals surface area (Å²) in [5, 5.41) is 0. The largest absolute Gasteiger partial charge is 0.466 e. The first-order valence-corrected chi connectivity index (χ1v) is 10.9. The van der Waals surface area contributed by atoms with Crippen LogP contribution in [0, 0.1) is 5.92 Å². The Morgan fingerprint density at radius 3 is 2.34 bits per heavy atom. The zero-order valence-electron chi connectivity index (χ0n) is 16.5. The minimum atomic E-state index is -3.87. The number of hydrogen-bond donors (Lipinski definition) is 1. The molecule has 1 heterocycles. The lowest BCUT2D eigenvalue weighted by Crippen LogP contribution is -2.44. The summed E-state index contributed by atoms with van der Waals surface area (Å²) in [4.78, 5) is 37.6. The predicted molar refractivity (Wildman–Crippen MR) is 103 cm³/mol. The van der Waals surface area contributed by atoms with Crippen molar-refractivity contribution in [1.29, 1.82) is 0 Å². The van der Waals surface area contributed by atoms with E-state index in [4.69, 9.17) is 9.47 Å². The number of esters is 2. The number of carbonyl (C=O) groups is 3. The van der Waals surface area contributed by atoms with Crippen molar-refractivity contribution in [3.05, 3.63) is 30.3 Å². The summed E-state index contributed by atoms with van der Waals surface area (Å²) in [5.41, 5.74) is 0. The highest BCUT2D eigenvalue weighted by Gasteiger charge is 2.29. The molecule has 10 heteroatoms. The Hall–Kier alpha value is -2.46. The van der Waals surface area contributed by atoms with Crippen molar-refractivity contribution in [3.63, 3.8) is 0 Å². The summed E-state index contributed by atoms with van der Waals surface area (Å²) < 4.78 is 36.6. The van der Waals surface area contributed by atoms with Crippen molar-refractivity contribution in [2.75, 3.05) is 26.3 Å². The summed E-state index contributed by atoms with van der Waals surface area (Å²) in [7, 11) is -3.87. The van der Waals surface area contributed by atoms with Crippen molar-refractivity contribution < 1.29 is 32.3 Å². The van der Waals surface area contributed by atoms with Gasteiger partial charge in [0.25, 0.3) is 5.91 Å². The zero-order valence-corrected chi connectivity index (χ0v) is 17.3. The summed E-state index contributed by atoms with van der Waals surface area (Å²) in [6.45, 7) is 3.66. The molecule has 0 aliphatic carbocycles. The molecule has 1 fully saturated rings. The Morgan fingerprint density at radius 1 is 1.14 bits per heavy atom. The number of benzene rings is 1. The molecule has 0 radical (unpaired) electrons. The quantitative estimate of drug-likeness (QED) is 0.608. The number of piperidine rings is 1. The van der Waals surface area contributed by atoms with Crippen molar-refractivity contribution in [1.82, 2.24) is 9.62 Å². The number of amides is 1. The van der Waals surface area contributed by atoms with Crippen molar-refractivity contribution in [3.8, 4) is 0 Å². The van der Waals surface area contributed by atoms with E-state index in [2.05, 4.69) is 4.72 Å². The van der Waals surface area contributed by atoms with Crippen LogP contribution in [0.3, 0.4) is 0 Å². The van der Waals surface area contributed by atoms with Crippen LogP contribution in [0.15, 0.2) is 35.2 Å². The number of nitrogens with zero attached hydrogens (tertiary/aromatic N) is 1. The van der Waals surface area contributed by atoms with E-state index >= 15 is 0 Å². The van der Waals surface area contributed by atoms with E-state index in [9.17, 15) is 22.8 Å². The monoisotopic (exact) mass is 426 g/mol. The highest BCUT2D eigenvalue weighted by molar-refractivity contribution is 7.89. The molecular formula is C19H26N2O7S. The molecule has 0 spiro atoms. The Bertz CT molecular complexity index is 818. The van der Waals surface area contributed by atoms with Crippen molar-refractivity contribution in [2.24, 2.45) is 5.92 Å². The Kier molecular flexibility index (Phi) is 8.15. The van der Waals surface area contributed by atoms with Gasteiger partial charge in [0.1, 0.15) is 6.04 Å². The molecule has 0 bridgehead atoms. The molecule has 9 nitrogen and oxygen atoms in total. The molecule has 0 unspecified atom stereocenters. The van der Waals surface area contributed by atoms with Gasteiger partial charge >= 0.3 is 11.9 Å². The van der Waals surface area contributed by atoms with E-state index in [-0.39, 0.29) is 16.8 Å². The molecule has 1 amide bonds. The summed E-state index contributed by atoms with van der Waals surface area (Å²) >= 11 is 0. The molecule has 0 aromatic heterocycles. The third-order valence-corrected chi connectivity index (χ3v) is 6.10. The molecule has 1 aromatic rings. The van der Waals surface area contributed by atoms with Crippen LogP contribution in [0.25, 0.3) is 0 Å². The third-order valence-electron chi connectivity index (χ3n) is 4.54. The second-order valence-electron chi connectivity index (χ2n) is 6.67. The fraction of sp³-hybridized carbons (Fsp3) is 0.526. The van der Waals surface area contributed by atoms with Crippen LogP contribution < -0.4 is 4.72 Å². The van der Waals surface area contributed by atoms with Crippen molar-refractivity contribution >= 4 is 27.9 Å². The molecule has 29 heavy (non-hydrogen) atoms. The standard InChI is InChI=1S/C19H26N2O7S/c1-3-27-19(24)15-9-11-21(12-10-15)17(22)13-28-18(23)14(2)20-29(25,26)16-7-5-4-6-8-16/h4-8,14-15,20H,3,9-13H2,1-2H3/t14-/m0/s1. The van der Waals surface area contributed by atoms with Crippen molar-refractivity contribution in [2.45, 2.75) is 37.6 Å². The van der Waals surface area contributed by atoms with Crippen LogP contribution in [0.4, 0.5) is 0 Å². The van der Waals surface area contributed by atoms with Gasteiger partial charge in [-0.3, -0.25) is 14.4 Å². The molecule has 1 N–H and O–H groups in total. The fourth-order valence-corrected chi connectivity index (χ4v) is 4.14. The molecule has 1 atom stereocenters. The normalized spacial score (nSPS) is 16.1. The van der Waals surface area contributed by atoms with Crippen LogP contribution in [-0.4, -0.2) is 63.5 Å². The van der Waals surface area contributed by atoms with E-state index in [0.717, 1.165) is 0 Å². The first-order valence-electron chi connectivity index (χ1n) is 9.43. The molecule has 0 saturated carbocycles. The number of likely N-dealkylation sites (tertiary alicyclic amines) is 1. The maximum absolute atomic E-state index is 12.2. The van der Waals surface area contributed by atoms with Gasteiger partial charge in [0, 0.05) is 13.1 Å². The second-order valence-corrected chi connectivity index (χ2v) is 8.38. The molecule has 1 aliphatic heterocycles. The van der Waals surface area contributed by atoms with Gasteiger partial charge in [-0.1, -0.05) is 18.2 Å². The van der Waals surface area contributed by atoms with E-state index < -0.39 is 34.5 Å². The van der Waals surface area contributed by atoms with E-state index in [1.165, 1.54) is 24.0 Å². The van der Waals surface area contributed by atoms with Crippen LogP contribution in [0.5, 0.6) is 0 Å². The second kappa shape index (κ2) is 10.4. The molecule has 160 valence electrons. The van der Waals surface area contributed by atoms with Gasteiger partial charge in [-0.15, -0.1) is 0 Å². The highest BCUT2D eigenvalue weighted by atomic mass is 32.2. The number of nitrogens with one attached hydrogen (secondary N) is 1. The van der Waals surface area contributed by atoms with Crippen LogP contribution in [-0.2, 0) is 33.9 Å². The molecule has 2 rings (SSSR count). The average Bonchev–Trinajstić information content (AvgIpc) is 2.72. The van der Waals surface area contributed by atoms with E-state index in [1.54, 1.807) is 25.1 Å². The van der Waals surface area contributed by atoms with Gasteiger partial charge in [0.05, 0.1) is 17.4 Å². The smallest absolute Gasteiger partial charge is 0.324 e. The topological polar surface area (TPSA) is 119 Å². The highest BCUT2D eigenvalue weighted by Crippen LogP contribution is 2.18. The Labute approximate surface area is 170 Å². The molecule has 1 aliphatic rings. The predicted octanol–water partition coefficient (Wildman–Crippen LogP) is 0.698. The fourth-order valence-electron chi connectivity index (χ4n) is 2.92. The van der Waals surface area contributed by atoms with Gasteiger partial charge in [0.2, 0.25) is 10.0 Å². The van der Waals surface area contributed by atoms with Crippen LogP contribution >= 0.6 is 0 Å². The third kappa shape index (κ3) is 6.53. The number of carbonyl (C=O) groups excluding carboxylic acids is 3. The molecule has 1 saturated heterocycles. The van der Waals surface area contributed by atoms with Gasteiger partial charge in [-0.05, 0) is 38.8 Å². The zero-order chi connectivity index (χ0) is 21.4. The minimum Gasteiger partial charge on any atom is -0.466 e. The lowest BCUT2D eigenvalue weighted by Gasteiger charge is -2.30. The maximum atomic E-state index is 12.2. The van der Waals surface area contributed by atoms with Gasteiger partial charge in [-0.25, -0.2) is 8.42 Å². The average molecular weight is 426 g/mol. The van der Waals surface area contributed by atoms with Gasteiger partial charge < -0.3 is 14.4 Å². The Balaban J connectivity index is 1.78. The SMILES string of the molecule is CCOC(=O)C1CCN(C(=O)COC(=O)[C@H](C)NS(=O)(=O)c2ccccc2)CC1. The van der Waals surface area contributed by atoms with Gasteiger partial charge in [0.15, 0.2) is 6.61 Å². The summed E-state index contributed by atoms with van der Waals surface area (Å²) in [5.74, 6) is -1.72. The maximum Gasteiger partial charge on any atom is 0.324 e. The first kappa shape index (κ1) is 22.8. The number of sulfonamides is 1. The molecular weight excluding hydrogens is 400 g/mol. The van der Waals surface area contributed by atoms with E-state index in [0.29, 0.717) is 32.5 Å². The van der Waals surface area contributed by atoms with Gasteiger partial charge in [-0.2, -0.15) is 4.72 Å². The van der Waals surface area contributed by atoms with Crippen LogP contribution in [0.2, 0.25) is 0 Å². The van der Waals surface area contributed by atoms with E-state index in [1.807, 2.05) is 0 Å².